The van der Waals surface area contributed by atoms with Crippen LogP contribution in [0.15, 0.2) is 42.5 Å². The third kappa shape index (κ3) is 5.73. The summed E-state index contributed by atoms with van der Waals surface area (Å²) in [6.45, 7) is 1.81. The fourth-order valence-corrected chi connectivity index (χ4v) is 4.22. The Morgan fingerprint density at radius 3 is 2.30 bits per heavy atom. The number of benzene rings is 2. The number of nitrogens with zero attached hydrogens (tertiary/aromatic N) is 1. The molecule has 160 valence electrons. The Morgan fingerprint density at radius 2 is 1.70 bits per heavy atom. The van der Waals surface area contributed by atoms with Crippen molar-refractivity contribution in [3.63, 3.8) is 0 Å². The SMILES string of the molecule is C[C@H](C(=O)NC1CCCC1)N(Cc1c(Cl)cccc1Cl)C(=O)Cc1ccc(F)cc1. The molecule has 7 heteroatoms. The summed E-state index contributed by atoms with van der Waals surface area (Å²) in [5.41, 5.74) is 1.26. The summed E-state index contributed by atoms with van der Waals surface area (Å²) in [6.07, 6.45) is 4.16. The maximum absolute atomic E-state index is 13.2. The zero-order valence-corrected chi connectivity index (χ0v) is 18.3. The maximum Gasteiger partial charge on any atom is 0.242 e. The van der Waals surface area contributed by atoms with Gasteiger partial charge in [0, 0.05) is 28.2 Å². The van der Waals surface area contributed by atoms with Crippen LogP contribution in [0.5, 0.6) is 0 Å². The van der Waals surface area contributed by atoms with E-state index in [0.717, 1.165) is 25.7 Å². The normalized spacial score (nSPS) is 15.1. The highest BCUT2D eigenvalue weighted by Gasteiger charge is 2.29. The molecule has 0 saturated heterocycles. The van der Waals surface area contributed by atoms with Crippen molar-refractivity contribution in [2.24, 2.45) is 0 Å². The molecule has 0 aromatic heterocycles. The van der Waals surface area contributed by atoms with Crippen molar-refractivity contribution in [2.75, 3.05) is 0 Å². The van der Waals surface area contributed by atoms with E-state index in [4.69, 9.17) is 23.2 Å². The molecule has 1 aliphatic rings. The summed E-state index contributed by atoms with van der Waals surface area (Å²) in [7, 11) is 0. The summed E-state index contributed by atoms with van der Waals surface area (Å²) < 4.78 is 13.2. The van der Waals surface area contributed by atoms with Crippen LogP contribution >= 0.6 is 23.2 Å². The standard InChI is InChI=1S/C23H25Cl2FN2O2/c1-15(23(30)27-18-5-2-3-6-18)28(14-19-20(24)7-4-8-21(19)25)22(29)13-16-9-11-17(26)12-10-16/h4,7-12,15,18H,2-3,5-6,13-14H2,1H3,(H,27,30)/t15-/m1/s1. The van der Waals surface area contributed by atoms with Gasteiger partial charge in [-0.25, -0.2) is 4.39 Å². The summed E-state index contributed by atoms with van der Waals surface area (Å²) in [5.74, 6) is -0.820. The topological polar surface area (TPSA) is 49.4 Å². The largest absolute Gasteiger partial charge is 0.352 e. The molecule has 0 aliphatic heterocycles. The van der Waals surface area contributed by atoms with Crippen molar-refractivity contribution in [3.8, 4) is 0 Å². The molecule has 1 N–H and O–H groups in total. The number of hydrogen-bond acceptors (Lipinski definition) is 2. The first kappa shape index (κ1) is 22.6. The summed E-state index contributed by atoms with van der Waals surface area (Å²) in [6, 6.07) is 10.3. The Morgan fingerprint density at radius 1 is 1.10 bits per heavy atom. The van der Waals surface area contributed by atoms with E-state index in [1.165, 1.54) is 17.0 Å². The van der Waals surface area contributed by atoms with Gasteiger partial charge in [-0.1, -0.05) is 54.2 Å². The Bertz CT molecular complexity index is 878. The minimum Gasteiger partial charge on any atom is -0.352 e. The molecule has 1 atom stereocenters. The second kappa shape index (κ2) is 10.3. The van der Waals surface area contributed by atoms with E-state index in [-0.39, 0.29) is 36.6 Å². The molecule has 0 heterocycles. The van der Waals surface area contributed by atoms with E-state index >= 15 is 0 Å². The number of hydrogen-bond donors (Lipinski definition) is 1. The molecule has 3 rings (SSSR count). The highest BCUT2D eigenvalue weighted by molar-refractivity contribution is 6.36. The van der Waals surface area contributed by atoms with Crippen molar-refractivity contribution < 1.29 is 14.0 Å². The van der Waals surface area contributed by atoms with Crippen LogP contribution < -0.4 is 5.32 Å². The molecule has 1 aliphatic carbocycles. The molecule has 4 nitrogen and oxygen atoms in total. The molecule has 2 aromatic rings. The van der Waals surface area contributed by atoms with Gasteiger partial charge < -0.3 is 10.2 Å². The zero-order chi connectivity index (χ0) is 21.7. The van der Waals surface area contributed by atoms with Crippen LogP contribution in [0, 0.1) is 5.82 Å². The number of halogens is 3. The molecule has 0 bridgehead atoms. The second-order valence-electron chi connectivity index (χ2n) is 7.69. The minimum absolute atomic E-state index is 0.0450. The predicted molar refractivity (Wildman–Crippen MR) is 117 cm³/mol. The first-order chi connectivity index (χ1) is 14.3. The quantitative estimate of drug-likeness (QED) is 0.633. The molecule has 2 amide bonds. The lowest BCUT2D eigenvalue weighted by Crippen LogP contribution is -2.50. The molecule has 30 heavy (non-hydrogen) atoms. The number of carbonyl (C=O) groups is 2. The van der Waals surface area contributed by atoms with Gasteiger partial charge in [0.1, 0.15) is 11.9 Å². The lowest BCUT2D eigenvalue weighted by atomic mass is 10.1. The molecule has 0 radical (unpaired) electrons. The average Bonchev–Trinajstić information content (AvgIpc) is 3.22. The van der Waals surface area contributed by atoms with E-state index in [2.05, 4.69) is 5.32 Å². The fraction of sp³-hybridized carbons (Fsp3) is 0.391. The van der Waals surface area contributed by atoms with Crippen LogP contribution in [0.3, 0.4) is 0 Å². The highest BCUT2D eigenvalue weighted by Crippen LogP contribution is 2.27. The fourth-order valence-electron chi connectivity index (χ4n) is 3.71. The summed E-state index contributed by atoms with van der Waals surface area (Å²) >= 11 is 12.6. The Kier molecular flexibility index (Phi) is 7.73. The average molecular weight is 451 g/mol. The Hall–Kier alpha value is -2.11. The lowest BCUT2D eigenvalue weighted by Gasteiger charge is -2.30. The molecular weight excluding hydrogens is 426 g/mol. The first-order valence-electron chi connectivity index (χ1n) is 10.1. The van der Waals surface area contributed by atoms with Crippen molar-refractivity contribution >= 4 is 35.0 Å². The van der Waals surface area contributed by atoms with E-state index in [9.17, 15) is 14.0 Å². The number of carbonyl (C=O) groups excluding carboxylic acids is 2. The van der Waals surface area contributed by atoms with Gasteiger partial charge in [0.2, 0.25) is 11.8 Å². The van der Waals surface area contributed by atoms with E-state index < -0.39 is 6.04 Å². The Labute approximate surface area is 186 Å². The molecule has 2 aromatic carbocycles. The Balaban J connectivity index is 1.81. The van der Waals surface area contributed by atoms with Gasteiger partial charge in [0.25, 0.3) is 0 Å². The summed E-state index contributed by atoms with van der Waals surface area (Å²) in [5, 5.41) is 3.92. The third-order valence-electron chi connectivity index (χ3n) is 5.53. The van der Waals surface area contributed by atoms with Crippen molar-refractivity contribution in [2.45, 2.75) is 57.7 Å². The predicted octanol–water partition coefficient (Wildman–Crippen LogP) is 5.15. The smallest absolute Gasteiger partial charge is 0.242 e. The van der Waals surface area contributed by atoms with Gasteiger partial charge in [0.05, 0.1) is 6.42 Å². The lowest BCUT2D eigenvalue weighted by molar-refractivity contribution is -0.140. The van der Waals surface area contributed by atoms with Gasteiger partial charge >= 0.3 is 0 Å². The van der Waals surface area contributed by atoms with Gasteiger partial charge in [0.15, 0.2) is 0 Å². The van der Waals surface area contributed by atoms with Crippen LogP contribution in [0.25, 0.3) is 0 Å². The van der Waals surface area contributed by atoms with Gasteiger partial charge in [-0.05, 0) is 49.6 Å². The van der Waals surface area contributed by atoms with Gasteiger partial charge in [-0.3, -0.25) is 9.59 Å². The van der Waals surface area contributed by atoms with Crippen LogP contribution in [-0.4, -0.2) is 28.8 Å². The summed E-state index contributed by atoms with van der Waals surface area (Å²) in [4.78, 5) is 27.5. The number of rotatable bonds is 7. The van der Waals surface area contributed by atoms with Crippen LogP contribution in [0.2, 0.25) is 10.0 Å². The van der Waals surface area contributed by atoms with Gasteiger partial charge in [-0.2, -0.15) is 0 Å². The molecule has 0 unspecified atom stereocenters. The number of nitrogens with one attached hydrogen (secondary N) is 1. The van der Waals surface area contributed by atoms with E-state index in [0.29, 0.717) is 21.2 Å². The molecule has 1 saturated carbocycles. The first-order valence-corrected chi connectivity index (χ1v) is 10.9. The number of amides is 2. The van der Waals surface area contributed by atoms with Gasteiger partial charge in [-0.15, -0.1) is 0 Å². The van der Waals surface area contributed by atoms with Crippen molar-refractivity contribution in [1.29, 1.82) is 0 Å². The van der Waals surface area contributed by atoms with Crippen LogP contribution in [0.4, 0.5) is 4.39 Å². The van der Waals surface area contributed by atoms with Crippen molar-refractivity contribution in [3.05, 3.63) is 69.5 Å². The van der Waals surface area contributed by atoms with Crippen LogP contribution in [0.1, 0.15) is 43.7 Å². The third-order valence-corrected chi connectivity index (χ3v) is 6.24. The van der Waals surface area contributed by atoms with Crippen molar-refractivity contribution in [1.82, 2.24) is 10.2 Å². The van der Waals surface area contributed by atoms with E-state index in [1.54, 1.807) is 37.3 Å². The van der Waals surface area contributed by atoms with E-state index in [1.807, 2.05) is 0 Å². The highest BCUT2D eigenvalue weighted by atomic mass is 35.5. The molecule has 0 spiro atoms. The molecular formula is C23H25Cl2FN2O2. The monoisotopic (exact) mass is 450 g/mol. The second-order valence-corrected chi connectivity index (χ2v) is 8.51. The van der Waals surface area contributed by atoms with Crippen LogP contribution in [-0.2, 0) is 22.6 Å². The molecule has 1 fully saturated rings. The zero-order valence-electron chi connectivity index (χ0n) is 16.8. The maximum atomic E-state index is 13.2. The minimum atomic E-state index is -0.703.